The molecule has 4 nitrogen and oxygen atoms in total. The van der Waals surface area contributed by atoms with Gasteiger partial charge in [-0.25, -0.2) is 0 Å². The van der Waals surface area contributed by atoms with Crippen LogP contribution in [-0.2, 0) is 12.6 Å². The monoisotopic (exact) mass is 527 g/mol. The SMILES string of the molecule is FC(F)(F)c1ccc(OC(CCN2CCN(C(=S)NCCc3ccccc3)CC2)c2ccccc2)cc1. The molecule has 8 heteroatoms. The highest BCUT2D eigenvalue weighted by molar-refractivity contribution is 7.80. The zero-order valence-electron chi connectivity index (χ0n) is 20.7. The van der Waals surface area contributed by atoms with Crippen molar-refractivity contribution in [3.63, 3.8) is 0 Å². The van der Waals surface area contributed by atoms with Crippen molar-refractivity contribution in [1.82, 2.24) is 15.1 Å². The largest absolute Gasteiger partial charge is 0.486 e. The van der Waals surface area contributed by atoms with E-state index in [0.717, 1.165) is 74.9 Å². The molecule has 1 fully saturated rings. The van der Waals surface area contributed by atoms with Crippen molar-refractivity contribution in [1.29, 1.82) is 0 Å². The second-order valence-electron chi connectivity index (χ2n) is 9.12. The Morgan fingerprint density at radius 1 is 0.865 bits per heavy atom. The fraction of sp³-hybridized carbons (Fsp3) is 0.345. The summed E-state index contributed by atoms with van der Waals surface area (Å²) < 4.78 is 44.9. The van der Waals surface area contributed by atoms with Gasteiger partial charge >= 0.3 is 6.18 Å². The zero-order chi connectivity index (χ0) is 26.1. The second kappa shape index (κ2) is 12.9. The van der Waals surface area contributed by atoms with Crippen LogP contribution >= 0.6 is 12.2 Å². The summed E-state index contributed by atoms with van der Waals surface area (Å²) >= 11 is 5.61. The molecule has 1 unspecified atom stereocenters. The third-order valence-electron chi connectivity index (χ3n) is 6.53. The predicted octanol–water partition coefficient (Wildman–Crippen LogP) is 5.95. The molecular weight excluding hydrogens is 495 g/mol. The zero-order valence-corrected chi connectivity index (χ0v) is 21.5. The molecule has 0 radical (unpaired) electrons. The summed E-state index contributed by atoms with van der Waals surface area (Å²) in [7, 11) is 0. The lowest BCUT2D eigenvalue weighted by Crippen LogP contribution is -2.52. The molecule has 3 aromatic carbocycles. The lowest BCUT2D eigenvalue weighted by atomic mass is 10.1. The Morgan fingerprint density at radius 3 is 2.11 bits per heavy atom. The van der Waals surface area contributed by atoms with Gasteiger partial charge < -0.3 is 15.0 Å². The van der Waals surface area contributed by atoms with E-state index in [0.29, 0.717) is 5.75 Å². The van der Waals surface area contributed by atoms with E-state index in [1.807, 2.05) is 48.5 Å². The number of thiocarbonyl (C=S) groups is 1. The first kappa shape index (κ1) is 26.9. The number of piperazine rings is 1. The van der Waals surface area contributed by atoms with Gasteiger partial charge in [-0.05, 0) is 54.0 Å². The molecule has 0 aliphatic carbocycles. The van der Waals surface area contributed by atoms with Crippen molar-refractivity contribution < 1.29 is 17.9 Å². The lowest BCUT2D eigenvalue weighted by Gasteiger charge is -2.36. The minimum absolute atomic E-state index is 0.253. The lowest BCUT2D eigenvalue weighted by molar-refractivity contribution is -0.137. The van der Waals surface area contributed by atoms with Gasteiger partial charge in [0.1, 0.15) is 11.9 Å². The van der Waals surface area contributed by atoms with E-state index in [4.69, 9.17) is 17.0 Å². The quantitative estimate of drug-likeness (QED) is 0.347. The molecule has 3 aromatic rings. The van der Waals surface area contributed by atoms with Crippen LogP contribution < -0.4 is 10.1 Å². The first-order valence-electron chi connectivity index (χ1n) is 12.6. The van der Waals surface area contributed by atoms with E-state index in [9.17, 15) is 13.2 Å². The first-order chi connectivity index (χ1) is 17.9. The van der Waals surface area contributed by atoms with E-state index in [1.54, 1.807) is 0 Å². The Labute approximate surface area is 222 Å². The highest BCUT2D eigenvalue weighted by atomic mass is 32.1. The standard InChI is InChI=1S/C29H32F3N3OS/c30-29(31,32)25-11-13-26(14-12-25)36-27(24-9-5-2-6-10-24)16-18-34-19-21-35(22-20-34)28(37)33-17-15-23-7-3-1-4-8-23/h1-14,27H,15-22H2,(H,33,37). The second-order valence-corrected chi connectivity index (χ2v) is 9.51. The van der Waals surface area contributed by atoms with Crippen LogP contribution in [0.3, 0.4) is 0 Å². The van der Waals surface area contributed by atoms with Crippen LogP contribution in [-0.4, -0.2) is 54.2 Å². The number of rotatable bonds is 9. The number of halogens is 3. The Hall–Kier alpha value is -3.10. The van der Waals surface area contributed by atoms with E-state index < -0.39 is 11.7 Å². The summed E-state index contributed by atoms with van der Waals surface area (Å²) in [5, 5.41) is 4.17. The van der Waals surface area contributed by atoms with Crippen molar-refractivity contribution in [2.45, 2.75) is 25.1 Å². The average Bonchev–Trinajstić information content (AvgIpc) is 2.92. The van der Waals surface area contributed by atoms with Crippen molar-refractivity contribution >= 4 is 17.3 Å². The molecule has 37 heavy (non-hydrogen) atoms. The number of benzene rings is 3. The fourth-order valence-electron chi connectivity index (χ4n) is 4.39. The van der Waals surface area contributed by atoms with E-state index in [-0.39, 0.29) is 6.10 Å². The van der Waals surface area contributed by atoms with Gasteiger partial charge in [-0.3, -0.25) is 4.90 Å². The van der Waals surface area contributed by atoms with E-state index in [2.05, 4.69) is 27.2 Å². The maximum atomic E-state index is 12.9. The van der Waals surface area contributed by atoms with E-state index >= 15 is 0 Å². The molecule has 0 spiro atoms. The molecule has 4 rings (SSSR count). The maximum absolute atomic E-state index is 12.9. The normalized spacial score (nSPS) is 15.3. The molecule has 1 saturated heterocycles. The highest BCUT2D eigenvalue weighted by Crippen LogP contribution is 2.32. The summed E-state index contributed by atoms with van der Waals surface area (Å²) in [6, 6.07) is 25.1. The third-order valence-corrected chi connectivity index (χ3v) is 6.93. The van der Waals surface area contributed by atoms with Crippen LogP contribution in [0.2, 0.25) is 0 Å². The van der Waals surface area contributed by atoms with Crippen LogP contribution in [0.4, 0.5) is 13.2 Å². The number of hydrogen-bond acceptors (Lipinski definition) is 3. The molecule has 1 heterocycles. The predicted molar refractivity (Wildman–Crippen MR) is 145 cm³/mol. The van der Waals surface area contributed by atoms with Gasteiger partial charge in [-0.2, -0.15) is 13.2 Å². The van der Waals surface area contributed by atoms with Crippen molar-refractivity contribution in [2.24, 2.45) is 0 Å². The number of nitrogens with zero attached hydrogens (tertiary/aromatic N) is 2. The summed E-state index contributed by atoms with van der Waals surface area (Å²) in [6.07, 6.45) is -2.96. The fourth-order valence-corrected chi connectivity index (χ4v) is 4.68. The van der Waals surface area contributed by atoms with Gasteiger partial charge in [0.25, 0.3) is 0 Å². The summed E-state index contributed by atoms with van der Waals surface area (Å²) in [6.45, 7) is 5.12. The molecule has 196 valence electrons. The Bertz CT molecular complexity index is 1100. The van der Waals surface area contributed by atoms with Crippen molar-refractivity contribution in [2.75, 3.05) is 39.3 Å². The average molecular weight is 528 g/mol. The Balaban J connectivity index is 1.26. The minimum atomic E-state index is -4.36. The molecule has 0 bridgehead atoms. The van der Waals surface area contributed by atoms with Gasteiger partial charge in [0, 0.05) is 45.7 Å². The highest BCUT2D eigenvalue weighted by Gasteiger charge is 2.30. The summed E-state index contributed by atoms with van der Waals surface area (Å²) in [5.41, 5.74) is 1.61. The first-order valence-corrected chi connectivity index (χ1v) is 13.0. The van der Waals surface area contributed by atoms with Gasteiger partial charge in [-0.15, -0.1) is 0 Å². The number of alkyl halides is 3. The van der Waals surface area contributed by atoms with Crippen molar-refractivity contribution in [3.05, 3.63) is 102 Å². The molecular formula is C29H32F3N3OS. The Kier molecular flexibility index (Phi) is 9.41. The molecule has 1 atom stereocenters. The summed E-state index contributed by atoms with van der Waals surface area (Å²) in [4.78, 5) is 4.60. The summed E-state index contributed by atoms with van der Waals surface area (Å²) in [5.74, 6) is 0.429. The van der Waals surface area contributed by atoms with Crippen LogP contribution in [0, 0.1) is 0 Å². The van der Waals surface area contributed by atoms with Gasteiger partial charge in [0.15, 0.2) is 5.11 Å². The van der Waals surface area contributed by atoms with Crippen LogP contribution in [0.15, 0.2) is 84.9 Å². The molecule has 0 amide bonds. The number of ether oxygens (including phenoxy) is 1. The van der Waals surface area contributed by atoms with Gasteiger partial charge in [0.2, 0.25) is 0 Å². The molecule has 1 N–H and O–H groups in total. The number of hydrogen-bond donors (Lipinski definition) is 1. The molecule has 1 aliphatic rings. The van der Waals surface area contributed by atoms with Crippen LogP contribution in [0.1, 0.15) is 29.2 Å². The van der Waals surface area contributed by atoms with Gasteiger partial charge in [0.05, 0.1) is 5.56 Å². The van der Waals surface area contributed by atoms with E-state index in [1.165, 1.54) is 17.7 Å². The molecule has 1 aliphatic heterocycles. The minimum Gasteiger partial charge on any atom is -0.486 e. The van der Waals surface area contributed by atoms with Crippen LogP contribution in [0.25, 0.3) is 0 Å². The third kappa shape index (κ3) is 8.20. The van der Waals surface area contributed by atoms with Gasteiger partial charge in [-0.1, -0.05) is 60.7 Å². The molecule has 0 aromatic heterocycles. The number of nitrogens with one attached hydrogen (secondary N) is 1. The van der Waals surface area contributed by atoms with Crippen molar-refractivity contribution in [3.8, 4) is 5.75 Å². The smallest absolute Gasteiger partial charge is 0.416 e. The molecule has 0 saturated carbocycles. The maximum Gasteiger partial charge on any atom is 0.416 e. The Morgan fingerprint density at radius 2 is 1.49 bits per heavy atom. The van der Waals surface area contributed by atoms with Crippen LogP contribution in [0.5, 0.6) is 5.75 Å². The topological polar surface area (TPSA) is 27.7 Å².